The molecule has 0 saturated carbocycles. The third-order valence-electron chi connectivity index (χ3n) is 3.71. The first-order valence-electron chi connectivity index (χ1n) is 6.23. The fourth-order valence-electron chi connectivity index (χ4n) is 2.53. The number of phenolic OH excluding ortho intramolecular Hbond substituents is 1. The fourth-order valence-corrected chi connectivity index (χ4v) is 2.53. The predicted molar refractivity (Wildman–Crippen MR) is 69.8 cm³/mol. The van der Waals surface area contributed by atoms with Crippen molar-refractivity contribution in [2.75, 3.05) is 13.1 Å². The van der Waals surface area contributed by atoms with Crippen LogP contribution in [0.3, 0.4) is 0 Å². The van der Waals surface area contributed by atoms with Gasteiger partial charge in [0.15, 0.2) is 0 Å². The number of nitrogens with two attached hydrogens (primary N) is 1. The number of rotatable bonds is 2. The van der Waals surface area contributed by atoms with Crippen LogP contribution in [0, 0.1) is 5.41 Å². The molecule has 1 saturated heterocycles. The van der Waals surface area contributed by atoms with Gasteiger partial charge in [-0.05, 0) is 29.5 Å². The minimum absolute atomic E-state index is 0.176. The fraction of sp³-hybridized carbons (Fsp3) is 0.571. The molecular formula is C14H22N2O. The molecule has 3 nitrogen and oxygen atoms in total. The minimum atomic E-state index is 0.176. The zero-order valence-electron chi connectivity index (χ0n) is 10.7. The molecule has 3 N–H and O–H groups in total. The smallest absolute Gasteiger partial charge is 0.115 e. The Bertz CT molecular complexity index is 390. The van der Waals surface area contributed by atoms with Crippen LogP contribution in [0.25, 0.3) is 0 Å². The molecule has 17 heavy (non-hydrogen) atoms. The topological polar surface area (TPSA) is 49.5 Å². The molecule has 94 valence electrons. The van der Waals surface area contributed by atoms with Crippen molar-refractivity contribution < 1.29 is 5.11 Å². The van der Waals surface area contributed by atoms with Crippen molar-refractivity contribution in [2.45, 2.75) is 32.9 Å². The summed E-state index contributed by atoms with van der Waals surface area (Å²) in [5, 5.41) is 9.45. The molecule has 1 unspecified atom stereocenters. The molecule has 0 spiro atoms. The third-order valence-corrected chi connectivity index (χ3v) is 3.71. The van der Waals surface area contributed by atoms with Gasteiger partial charge in [-0.15, -0.1) is 0 Å². The molecule has 1 heterocycles. The van der Waals surface area contributed by atoms with E-state index in [0.717, 1.165) is 31.6 Å². The van der Waals surface area contributed by atoms with Crippen LogP contribution in [0.15, 0.2) is 24.3 Å². The number of piperidine rings is 1. The van der Waals surface area contributed by atoms with Gasteiger partial charge in [-0.25, -0.2) is 0 Å². The second kappa shape index (κ2) is 4.67. The largest absolute Gasteiger partial charge is 0.508 e. The second-order valence-corrected chi connectivity index (χ2v) is 5.76. The third kappa shape index (κ3) is 2.99. The van der Waals surface area contributed by atoms with Gasteiger partial charge >= 0.3 is 0 Å². The van der Waals surface area contributed by atoms with Gasteiger partial charge in [0.05, 0.1) is 0 Å². The van der Waals surface area contributed by atoms with E-state index < -0.39 is 0 Å². The predicted octanol–water partition coefficient (Wildman–Crippen LogP) is 1.95. The number of likely N-dealkylation sites (tertiary alicyclic amines) is 1. The SMILES string of the molecule is CC1(C)CN(Cc2cccc(O)c2)CCC1N. The molecule has 1 fully saturated rings. The monoisotopic (exact) mass is 234 g/mol. The van der Waals surface area contributed by atoms with Crippen LogP contribution in [0.1, 0.15) is 25.8 Å². The summed E-state index contributed by atoms with van der Waals surface area (Å²) in [4.78, 5) is 2.41. The highest BCUT2D eigenvalue weighted by atomic mass is 16.3. The molecule has 1 aromatic rings. The van der Waals surface area contributed by atoms with Gasteiger partial charge in [0.25, 0.3) is 0 Å². The van der Waals surface area contributed by atoms with Gasteiger partial charge in [0, 0.05) is 25.7 Å². The lowest BCUT2D eigenvalue weighted by Gasteiger charge is -2.42. The molecule has 2 rings (SSSR count). The zero-order valence-corrected chi connectivity index (χ0v) is 10.7. The molecule has 1 aliphatic heterocycles. The quantitative estimate of drug-likeness (QED) is 0.822. The Morgan fingerprint density at radius 2 is 2.24 bits per heavy atom. The van der Waals surface area contributed by atoms with E-state index in [-0.39, 0.29) is 5.41 Å². The summed E-state index contributed by atoms with van der Waals surface area (Å²) in [6.07, 6.45) is 1.05. The molecule has 0 amide bonds. The number of nitrogens with zero attached hydrogens (tertiary/aromatic N) is 1. The number of hydrogen-bond acceptors (Lipinski definition) is 3. The van der Waals surface area contributed by atoms with Gasteiger partial charge in [-0.3, -0.25) is 4.90 Å². The Kier molecular flexibility index (Phi) is 3.40. The molecule has 1 aliphatic rings. The normalized spacial score (nSPS) is 24.8. The first kappa shape index (κ1) is 12.4. The van der Waals surface area contributed by atoms with E-state index in [1.165, 1.54) is 0 Å². The van der Waals surface area contributed by atoms with Gasteiger partial charge in [0.2, 0.25) is 0 Å². The number of hydrogen-bond donors (Lipinski definition) is 2. The maximum Gasteiger partial charge on any atom is 0.115 e. The Labute approximate surface area is 103 Å². The highest BCUT2D eigenvalue weighted by Crippen LogP contribution is 2.28. The molecule has 0 radical (unpaired) electrons. The maximum absolute atomic E-state index is 9.45. The van der Waals surface area contributed by atoms with Crippen molar-refractivity contribution in [3.05, 3.63) is 29.8 Å². The zero-order chi connectivity index (χ0) is 12.5. The van der Waals surface area contributed by atoms with Crippen LogP contribution in [0.5, 0.6) is 5.75 Å². The highest BCUT2D eigenvalue weighted by Gasteiger charge is 2.33. The van der Waals surface area contributed by atoms with Crippen molar-refractivity contribution >= 4 is 0 Å². The van der Waals surface area contributed by atoms with Crippen LogP contribution >= 0.6 is 0 Å². The Balaban J connectivity index is 2.01. The van der Waals surface area contributed by atoms with E-state index in [1.54, 1.807) is 6.07 Å². The summed E-state index contributed by atoms with van der Waals surface area (Å²) in [5.74, 6) is 0.343. The number of benzene rings is 1. The Hall–Kier alpha value is -1.06. The summed E-state index contributed by atoms with van der Waals surface area (Å²) < 4.78 is 0. The summed E-state index contributed by atoms with van der Waals surface area (Å²) in [6.45, 7) is 7.41. The lowest BCUT2D eigenvalue weighted by atomic mass is 9.79. The first-order valence-corrected chi connectivity index (χ1v) is 6.23. The van der Waals surface area contributed by atoms with E-state index >= 15 is 0 Å². The summed E-state index contributed by atoms with van der Waals surface area (Å²) in [7, 11) is 0. The van der Waals surface area contributed by atoms with Crippen LogP contribution in [-0.4, -0.2) is 29.1 Å². The van der Waals surface area contributed by atoms with Crippen molar-refractivity contribution in [1.82, 2.24) is 4.90 Å². The van der Waals surface area contributed by atoms with Crippen molar-refractivity contribution in [1.29, 1.82) is 0 Å². The number of phenols is 1. The molecular weight excluding hydrogens is 212 g/mol. The van der Waals surface area contributed by atoms with Gasteiger partial charge < -0.3 is 10.8 Å². The molecule has 1 atom stereocenters. The maximum atomic E-state index is 9.45. The molecule has 3 heteroatoms. The number of aromatic hydroxyl groups is 1. The van der Waals surface area contributed by atoms with Crippen molar-refractivity contribution in [3.8, 4) is 5.75 Å². The van der Waals surface area contributed by atoms with E-state index in [2.05, 4.69) is 24.8 Å². The molecule has 0 aromatic heterocycles. The average Bonchev–Trinajstić information content (AvgIpc) is 2.23. The van der Waals surface area contributed by atoms with Crippen LogP contribution in [0.2, 0.25) is 0 Å². The first-order chi connectivity index (χ1) is 7.97. The van der Waals surface area contributed by atoms with Crippen LogP contribution < -0.4 is 5.73 Å². The van der Waals surface area contributed by atoms with Crippen molar-refractivity contribution in [2.24, 2.45) is 11.1 Å². The molecule has 0 bridgehead atoms. The van der Waals surface area contributed by atoms with Gasteiger partial charge in [-0.2, -0.15) is 0 Å². The average molecular weight is 234 g/mol. The van der Waals surface area contributed by atoms with Crippen LogP contribution in [0.4, 0.5) is 0 Å². The van der Waals surface area contributed by atoms with E-state index in [9.17, 15) is 5.11 Å². The van der Waals surface area contributed by atoms with Gasteiger partial charge in [0.1, 0.15) is 5.75 Å². The Morgan fingerprint density at radius 3 is 2.88 bits per heavy atom. The van der Waals surface area contributed by atoms with E-state index in [4.69, 9.17) is 5.73 Å². The lowest BCUT2D eigenvalue weighted by Crippen LogP contribution is -2.52. The lowest BCUT2D eigenvalue weighted by molar-refractivity contribution is 0.0898. The standard InChI is InChI=1S/C14H22N2O/c1-14(2)10-16(7-6-13(14)15)9-11-4-3-5-12(17)8-11/h3-5,8,13,17H,6-7,9-10,15H2,1-2H3. The van der Waals surface area contributed by atoms with E-state index in [0.29, 0.717) is 11.8 Å². The summed E-state index contributed by atoms with van der Waals surface area (Å²) in [6, 6.07) is 7.79. The van der Waals surface area contributed by atoms with Crippen LogP contribution in [-0.2, 0) is 6.54 Å². The van der Waals surface area contributed by atoms with Gasteiger partial charge in [-0.1, -0.05) is 26.0 Å². The molecule has 0 aliphatic carbocycles. The summed E-state index contributed by atoms with van der Waals surface area (Å²) >= 11 is 0. The summed E-state index contributed by atoms with van der Waals surface area (Å²) in [5.41, 5.74) is 7.46. The second-order valence-electron chi connectivity index (χ2n) is 5.76. The minimum Gasteiger partial charge on any atom is -0.508 e. The van der Waals surface area contributed by atoms with E-state index in [1.807, 2.05) is 12.1 Å². The Morgan fingerprint density at radius 1 is 1.47 bits per heavy atom. The highest BCUT2D eigenvalue weighted by molar-refractivity contribution is 5.27. The molecule has 1 aromatic carbocycles. The van der Waals surface area contributed by atoms with Crippen molar-refractivity contribution in [3.63, 3.8) is 0 Å².